The van der Waals surface area contributed by atoms with E-state index in [1.807, 2.05) is 19.9 Å². The highest BCUT2D eigenvalue weighted by atomic mass is 19.4. The van der Waals surface area contributed by atoms with Crippen molar-refractivity contribution >= 4 is 17.5 Å². The first-order chi connectivity index (χ1) is 18.2. The quantitative estimate of drug-likeness (QED) is 0.349. The summed E-state index contributed by atoms with van der Waals surface area (Å²) in [6, 6.07) is 0. The van der Waals surface area contributed by atoms with Gasteiger partial charge in [0.25, 0.3) is 0 Å². The summed E-state index contributed by atoms with van der Waals surface area (Å²) < 4.78 is 40.5. The predicted molar refractivity (Wildman–Crippen MR) is 144 cm³/mol. The SMILES string of the molecule is [C-]#[N+]C1=C[C@]2(C)[C@H]3CC(=O)[C@@H]4[C@@H]5CC(C)(C)CC[C@]5(NC(=O)C(F)(F)F)CC[C@@]4(C)[C@]3(C)CC[C@H]2C(C)(C)C1=O. The minimum absolute atomic E-state index is 0.00797. The average Bonchev–Trinajstić information content (AvgIpc) is 2.83. The monoisotopic (exact) mass is 560 g/mol. The number of hydrogen-bond acceptors (Lipinski definition) is 3. The third-order valence-corrected chi connectivity index (χ3v) is 13.1. The van der Waals surface area contributed by atoms with Gasteiger partial charge in [-0.1, -0.05) is 54.5 Å². The van der Waals surface area contributed by atoms with Gasteiger partial charge < -0.3 is 10.1 Å². The molecule has 4 saturated carbocycles. The summed E-state index contributed by atoms with van der Waals surface area (Å²) >= 11 is 0. The predicted octanol–water partition coefficient (Wildman–Crippen LogP) is 7.07. The van der Waals surface area contributed by atoms with Crippen LogP contribution in [0.3, 0.4) is 0 Å². The minimum Gasteiger partial charge on any atom is -0.343 e. The molecule has 0 aromatic rings. The van der Waals surface area contributed by atoms with E-state index < -0.39 is 39.8 Å². The van der Waals surface area contributed by atoms with Gasteiger partial charge >= 0.3 is 12.1 Å². The van der Waals surface area contributed by atoms with Crippen molar-refractivity contribution in [2.24, 2.45) is 50.7 Å². The van der Waals surface area contributed by atoms with Gasteiger partial charge in [0.1, 0.15) is 5.78 Å². The number of allylic oxidation sites excluding steroid dienone is 2. The van der Waals surface area contributed by atoms with Crippen LogP contribution in [0.4, 0.5) is 13.2 Å². The first-order valence-corrected chi connectivity index (χ1v) is 14.8. The lowest BCUT2D eigenvalue weighted by Crippen LogP contribution is -2.72. The fraction of sp³-hybridized carbons (Fsp3) is 0.812. The van der Waals surface area contributed by atoms with E-state index >= 15 is 0 Å². The van der Waals surface area contributed by atoms with Gasteiger partial charge in [-0.05, 0) is 84.4 Å². The lowest BCUT2D eigenvalue weighted by molar-refractivity contribution is -0.218. The number of carbonyl (C=O) groups excluding carboxylic acids is 3. The summed E-state index contributed by atoms with van der Waals surface area (Å²) in [6.07, 6.45) is 1.41. The molecule has 4 fully saturated rings. The Morgan fingerprint density at radius 3 is 2.17 bits per heavy atom. The first kappa shape index (κ1) is 29.3. The van der Waals surface area contributed by atoms with Crippen LogP contribution in [0.5, 0.6) is 0 Å². The zero-order chi connectivity index (χ0) is 29.9. The van der Waals surface area contributed by atoms with Crippen molar-refractivity contribution in [3.8, 4) is 0 Å². The molecule has 0 unspecified atom stereocenters. The highest BCUT2D eigenvalue weighted by Gasteiger charge is 2.72. The molecular formula is C32H43F3N2O3. The van der Waals surface area contributed by atoms with Crippen LogP contribution in [0.2, 0.25) is 0 Å². The fourth-order valence-electron chi connectivity index (χ4n) is 10.8. The molecule has 0 aromatic carbocycles. The highest BCUT2D eigenvalue weighted by Crippen LogP contribution is 2.74. The Balaban J connectivity index is 1.61. The molecule has 1 N–H and O–H groups in total. The molecule has 0 bridgehead atoms. The number of rotatable bonds is 1. The molecule has 0 heterocycles. The Bertz CT molecular complexity index is 1240. The van der Waals surface area contributed by atoms with Gasteiger partial charge in [-0.25, -0.2) is 4.85 Å². The largest absolute Gasteiger partial charge is 0.471 e. The smallest absolute Gasteiger partial charge is 0.343 e. The first-order valence-electron chi connectivity index (χ1n) is 14.8. The van der Waals surface area contributed by atoms with Gasteiger partial charge in [-0.15, -0.1) is 0 Å². The van der Waals surface area contributed by atoms with E-state index in [1.165, 1.54) is 0 Å². The molecular weight excluding hydrogens is 517 g/mol. The van der Waals surface area contributed by atoms with Crippen LogP contribution >= 0.6 is 0 Å². The Morgan fingerprint density at radius 1 is 0.950 bits per heavy atom. The van der Waals surface area contributed by atoms with Crippen molar-refractivity contribution in [2.75, 3.05) is 0 Å². The third kappa shape index (κ3) is 3.74. The third-order valence-electron chi connectivity index (χ3n) is 13.1. The molecule has 8 heteroatoms. The van der Waals surface area contributed by atoms with Crippen LogP contribution < -0.4 is 5.32 Å². The lowest BCUT2D eigenvalue weighted by atomic mass is 9.32. The number of ketones is 2. The molecule has 5 rings (SSSR count). The zero-order valence-electron chi connectivity index (χ0n) is 24.8. The van der Waals surface area contributed by atoms with Crippen LogP contribution in [0.1, 0.15) is 99.8 Å². The molecule has 220 valence electrons. The fourth-order valence-corrected chi connectivity index (χ4v) is 10.8. The summed E-state index contributed by atoms with van der Waals surface area (Å²) in [4.78, 5) is 43.6. The minimum atomic E-state index is -4.98. The second-order valence-electron chi connectivity index (χ2n) is 15.8. The standard InChI is InChI=1S/C32H43F3N2O3/c1-26(2)11-13-31(37-25(40)32(33,34)35)14-12-30(7)23(18(31)16-26)20(38)15-22-28(5)17-19(36-8)24(39)27(3,4)21(28)9-10-29(22,30)6/h17-18,21-23H,9-16H2,1-7H3,(H,37,40)/t18-,21-,22+,23-,28-,29+,30+,31-/m0/s1. The van der Waals surface area contributed by atoms with E-state index in [9.17, 15) is 27.6 Å². The Labute approximate surface area is 235 Å². The van der Waals surface area contributed by atoms with Crippen LogP contribution in [0, 0.1) is 57.3 Å². The number of fused-ring (bicyclic) bond motifs is 7. The molecule has 0 aromatic heterocycles. The lowest BCUT2D eigenvalue weighted by Gasteiger charge is -2.72. The summed E-state index contributed by atoms with van der Waals surface area (Å²) in [5, 5.41) is 2.45. The van der Waals surface area contributed by atoms with Gasteiger partial charge in [-0.3, -0.25) is 9.59 Å². The summed E-state index contributed by atoms with van der Waals surface area (Å²) in [7, 11) is 0. The number of carbonyl (C=O) groups is 3. The molecule has 40 heavy (non-hydrogen) atoms. The summed E-state index contributed by atoms with van der Waals surface area (Å²) in [5.74, 6) is -2.92. The van der Waals surface area contributed by atoms with Crippen molar-refractivity contribution in [2.45, 2.75) is 112 Å². The van der Waals surface area contributed by atoms with Crippen molar-refractivity contribution < 1.29 is 27.6 Å². The van der Waals surface area contributed by atoms with Crippen molar-refractivity contribution in [3.63, 3.8) is 0 Å². The normalized spacial score (nSPS) is 45.6. The second-order valence-corrected chi connectivity index (χ2v) is 15.8. The van der Waals surface area contributed by atoms with E-state index in [-0.39, 0.29) is 52.3 Å². The maximum absolute atomic E-state index is 14.4. The molecule has 5 aliphatic rings. The van der Waals surface area contributed by atoms with Crippen LogP contribution in [0.25, 0.3) is 4.85 Å². The molecule has 0 aliphatic heterocycles. The van der Waals surface area contributed by atoms with Gasteiger partial charge in [-0.2, -0.15) is 13.2 Å². The molecule has 0 radical (unpaired) electrons. The van der Waals surface area contributed by atoms with Crippen LogP contribution in [0.15, 0.2) is 11.8 Å². The van der Waals surface area contributed by atoms with Gasteiger partial charge in [0, 0.05) is 23.3 Å². The number of halogens is 3. The Morgan fingerprint density at radius 2 is 1.57 bits per heavy atom. The number of amides is 1. The van der Waals surface area contributed by atoms with E-state index in [1.54, 1.807) is 0 Å². The van der Waals surface area contributed by atoms with E-state index in [0.29, 0.717) is 32.1 Å². The van der Waals surface area contributed by atoms with Crippen LogP contribution in [-0.2, 0) is 14.4 Å². The number of hydrogen-bond donors (Lipinski definition) is 1. The topological polar surface area (TPSA) is 67.6 Å². The number of nitrogens with one attached hydrogen (secondary N) is 1. The molecule has 8 atom stereocenters. The molecule has 0 saturated heterocycles. The summed E-state index contributed by atoms with van der Waals surface area (Å²) in [6.45, 7) is 22.3. The molecule has 0 spiro atoms. The number of alkyl halides is 3. The maximum Gasteiger partial charge on any atom is 0.471 e. The summed E-state index contributed by atoms with van der Waals surface area (Å²) in [5.41, 5.74) is -3.11. The Hall–Kier alpha value is -2.17. The second kappa shape index (κ2) is 8.44. The van der Waals surface area contributed by atoms with E-state index in [4.69, 9.17) is 6.57 Å². The van der Waals surface area contributed by atoms with Crippen molar-refractivity contribution in [3.05, 3.63) is 23.2 Å². The van der Waals surface area contributed by atoms with Gasteiger partial charge in [0.05, 0.1) is 6.57 Å². The highest BCUT2D eigenvalue weighted by molar-refractivity contribution is 6.02. The maximum atomic E-state index is 14.4. The zero-order valence-corrected chi connectivity index (χ0v) is 24.8. The molecule has 1 amide bonds. The van der Waals surface area contributed by atoms with E-state index in [2.05, 4.69) is 44.8 Å². The van der Waals surface area contributed by atoms with Gasteiger partial charge in [0.2, 0.25) is 5.70 Å². The number of nitrogens with zero attached hydrogens (tertiary/aromatic N) is 1. The van der Waals surface area contributed by atoms with Gasteiger partial charge in [0.15, 0.2) is 5.78 Å². The van der Waals surface area contributed by atoms with Crippen LogP contribution in [-0.4, -0.2) is 29.2 Å². The average molecular weight is 561 g/mol. The van der Waals surface area contributed by atoms with Crippen molar-refractivity contribution in [1.29, 1.82) is 0 Å². The van der Waals surface area contributed by atoms with Crippen molar-refractivity contribution in [1.82, 2.24) is 5.32 Å². The molecule has 5 aliphatic carbocycles. The number of Topliss-reactive ketones (excluding diaryl/α,β-unsaturated/α-hetero) is 2. The van der Waals surface area contributed by atoms with E-state index in [0.717, 1.165) is 12.8 Å². The Kier molecular flexibility index (Phi) is 6.19. The molecule has 5 nitrogen and oxygen atoms in total.